The van der Waals surface area contributed by atoms with Crippen molar-refractivity contribution in [3.63, 3.8) is 0 Å². The predicted molar refractivity (Wildman–Crippen MR) is 47.0 cm³/mol. The number of carbonyl (C=O) groups is 1. The summed E-state index contributed by atoms with van der Waals surface area (Å²) in [6, 6.07) is 0.127. The van der Waals surface area contributed by atoms with Crippen LogP contribution in [-0.2, 0) is 4.79 Å². The first-order chi connectivity index (χ1) is 5.69. The van der Waals surface area contributed by atoms with Crippen LogP contribution in [0.5, 0.6) is 0 Å². The number of rotatable bonds is 5. The lowest BCUT2D eigenvalue weighted by molar-refractivity contribution is -0.139. The van der Waals surface area contributed by atoms with Gasteiger partial charge in [-0.15, -0.1) is 0 Å². The molecule has 1 saturated carbocycles. The molecule has 0 radical (unpaired) electrons. The molecule has 70 valence electrons. The van der Waals surface area contributed by atoms with Crippen LogP contribution in [0, 0.1) is 5.92 Å². The summed E-state index contributed by atoms with van der Waals surface area (Å²) in [7, 11) is 0. The molecule has 0 bridgehead atoms. The Morgan fingerprint density at radius 2 is 2.33 bits per heavy atom. The van der Waals surface area contributed by atoms with Crippen LogP contribution in [0.15, 0.2) is 0 Å². The standard InChI is InChI=1S/C9H17NO2/c1-3-6-5-8(6)10-7(4-2)9(11)12/h6-8,10H,3-5H2,1-2H3,(H,11,12). The smallest absolute Gasteiger partial charge is 0.320 e. The van der Waals surface area contributed by atoms with Crippen molar-refractivity contribution in [1.29, 1.82) is 0 Å². The molecule has 0 aromatic rings. The molecule has 0 spiro atoms. The predicted octanol–water partition coefficient (Wildman–Crippen LogP) is 1.24. The Morgan fingerprint density at radius 3 is 2.67 bits per heavy atom. The van der Waals surface area contributed by atoms with Gasteiger partial charge in [0.25, 0.3) is 0 Å². The minimum atomic E-state index is -0.723. The van der Waals surface area contributed by atoms with Crippen LogP contribution in [0.1, 0.15) is 33.1 Å². The Kier molecular flexibility index (Phi) is 3.09. The van der Waals surface area contributed by atoms with Gasteiger partial charge >= 0.3 is 5.97 Å². The quantitative estimate of drug-likeness (QED) is 0.654. The lowest BCUT2D eigenvalue weighted by atomic mass is 10.2. The first-order valence-corrected chi connectivity index (χ1v) is 4.67. The van der Waals surface area contributed by atoms with Gasteiger partial charge in [-0.1, -0.05) is 20.3 Å². The van der Waals surface area contributed by atoms with E-state index in [2.05, 4.69) is 12.2 Å². The van der Waals surface area contributed by atoms with Gasteiger partial charge in [-0.05, 0) is 18.8 Å². The van der Waals surface area contributed by atoms with Crippen LogP contribution in [0.2, 0.25) is 0 Å². The molecular weight excluding hydrogens is 154 g/mol. The van der Waals surface area contributed by atoms with Crippen LogP contribution < -0.4 is 5.32 Å². The zero-order valence-corrected chi connectivity index (χ0v) is 7.71. The SMILES string of the molecule is CCC(NC1CC1CC)C(=O)O. The third-order valence-corrected chi connectivity index (χ3v) is 2.57. The highest BCUT2D eigenvalue weighted by atomic mass is 16.4. The minimum Gasteiger partial charge on any atom is -0.480 e. The third kappa shape index (κ3) is 2.21. The fraction of sp³-hybridized carbons (Fsp3) is 0.889. The zero-order chi connectivity index (χ0) is 9.14. The van der Waals surface area contributed by atoms with E-state index in [1.807, 2.05) is 6.92 Å². The van der Waals surface area contributed by atoms with E-state index in [1.54, 1.807) is 0 Å². The number of carboxylic acid groups (broad SMARTS) is 1. The van der Waals surface area contributed by atoms with Crippen LogP contribution >= 0.6 is 0 Å². The fourth-order valence-corrected chi connectivity index (χ4v) is 1.53. The largest absolute Gasteiger partial charge is 0.480 e. The van der Waals surface area contributed by atoms with Crippen LogP contribution in [0.3, 0.4) is 0 Å². The number of hydrogen-bond acceptors (Lipinski definition) is 2. The van der Waals surface area contributed by atoms with E-state index >= 15 is 0 Å². The van der Waals surface area contributed by atoms with E-state index in [0.717, 1.165) is 18.8 Å². The molecule has 0 amide bonds. The lowest BCUT2D eigenvalue weighted by Crippen LogP contribution is -2.38. The van der Waals surface area contributed by atoms with Gasteiger partial charge in [-0.2, -0.15) is 0 Å². The average molecular weight is 171 g/mol. The van der Waals surface area contributed by atoms with E-state index in [4.69, 9.17) is 5.11 Å². The van der Waals surface area contributed by atoms with Crippen molar-refractivity contribution >= 4 is 5.97 Å². The highest BCUT2D eigenvalue weighted by Gasteiger charge is 2.37. The maximum absolute atomic E-state index is 10.6. The van der Waals surface area contributed by atoms with Crippen LogP contribution in [0.4, 0.5) is 0 Å². The van der Waals surface area contributed by atoms with Gasteiger partial charge in [0.05, 0.1) is 0 Å². The van der Waals surface area contributed by atoms with Crippen molar-refractivity contribution < 1.29 is 9.90 Å². The summed E-state index contributed by atoms with van der Waals surface area (Å²) < 4.78 is 0. The molecule has 3 unspecified atom stereocenters. The molecule has 2 N–H and O–H groups in total. The highest BCUT2D eigenvalue weighted by molar-refractivity contribution is 5.73. The molecule has 3 atom stereocenters. The second-order valence-electron chi connectivity index (χ2n) is 3.48. The molecule has 0 aliphatic heterocycles. The molecule has 0 aromatic heterocycles. The van der Waals surface area contributed by atoms with Gasteiger partial charge < -0.3 is 10.4 Å². The van der Waals surface area contributed by atoms with Crippen molar-refractivity contribution in [3.8, 4) is 0 Å². The van der Waals surface area contributed by atoms with Gasteiger partial charge in [0.2, 0.25) is 0 Å². The first kappa shape index (κ1) is 9.52. The molecule has 1 rings (SSSR count). The van der Waals surface area contributed by atoms with E-state index < -0.39 is 5.97 Å². The molecule has 12 heavy (non-hydrogen) atoms. The summed E-state index contributed by atoms with van der Waals surface area (Å²) in [6.07, 6.45) is 2.98. The minimum absolute atomic E-state index is 0.341. The second-order valence-corrected chi connectivity index (χ2v) is 3.48. The first-order valence-electron chi connectivity index (χ1n) is 4.67. The van der Waals surface area contributed by atoms with Crippen molar-refractivity contribution in [2.24, 2.45) is 5.92 Å². The van der Waals surface area contributed by atoms with Crippen molar-refractivity contribution in [2.75, 3.05) is 0 Å². The third-order valence-electron chi connectivity index (χ3n) is 2.57. The Morgan fingerprint density at radius 1 is 1.67 bits per heavy atom. The molecule has 0 heterocycles. The molecule has 0 saturated heterocycles. The van der Waals surface area contributed by atoms with E-state index in [9.17, 15) is 4.79 Å². The Hall–Kier alpha value is -0.570. The van der Waals surface area contributed by atoms with Gasteiger partial charge in [-0.3, -0.25) is 4.79 Å². The summed E-state index contributed by atoms with van der Waals surface area (Å²) >= 11 is 0. The van der Waals surface area contributed by atoms with Gasteiger partial charge in [-0.25, -0.2) is 0 Å². The van der Waals surface area contributed by atoms with E-state index in [0.29, 0.717) is 12.5 Å². The van der Waals surface area contributed by atoms with Gasteiger partial charge in [0.15, 0.2) is 0 Å². The van der Waals surface area contributed by atoms with Gasteiger partial charge in [0.1, 0.15) is 6.04 Å². The van der Waals surface area contributed by atoms with E-state index in [-0.39, 0.29) is 6.04 Å². The number of aliphatic carboxylic acids is 1. The fourth-order valence-electron chi connectivity index (χ4n) is 1.53. The Bertz CT molecular complexity index is 170. The molecule has 3 heteroatoms. The average Bonchev–Trinajstić information content (AvgIpc) is 2.78. The Labute approximate surface area is 73.2 Å². The summed E-state index contributed by atoms with van der Waals surface area (Å²) in [5, 5.41) is 11.9. The molecule has 1 aliphatic carbocycles. The molecular formula is C9H17NO2. The highest BCUT2D eigenvalue weighted by Crippen LogP contribution is 2.33. The molecule has 1 fully saturated rings. The maximum Gasteiger partial charge on any atom is 0.320 e. The normalized spacial score (nSPS) is 29.8. The summed E-state index contributed by atoms with van der Waals surface area (Å²) in [4.78, 5) is 10.6. The van der Waals surface area contributed by atoms with Crippen molar-refractivity contribution in [1.82, 2.24) is 5.32 Å². The summed E-state index contributed by atoms with van der Waals surface area (Å²) in [5.41, 5.74) is 0. The van der Waals surface area contributed by atoms with Gasteiger partial charge in [0, 0.05) is 6.04 Å². The topological polar surface area (TPSA) is 49.3 Å². The van der Waals surface area contributed by atoms with Crippen LogP contribution in [0.25, 0.3) is 0 Å². The molecule has 3 nitrogen and oxygen atoms in total. The van der Waals surface area contributed by atoms with Crippen LogP contribution in [-0.4, -0.2) is 23.2 Å². The van der Waals surface area contributed by atoms with Crippen molar-refractivity contribution in [2.45, 2.75) is 45.2 Å². The molecule has 0 aromatic carbocycles. The zero-order valence-electron chi connectivity index (χ0n) is 7.71. The Balaban J connectivity index is 2.25. The number of carboxylic acids is 1. The molecule has 1 aliphatic rings. The number of hydrogen-bond donors (Lipinski definition) is 2. The lowest BCUT2D eigenvalue weighted by Gasteiger charge is -2.11. The second kappa shape index (κ2) is 3.90. The summed E-state index contributed by atoms with van der Waals surface area (Å²) in [5.74, 6) is -0.00217. The monoisotopic (exact) mass is 171 g/mol. The van der Waals surface area contributed by atoms with E-state index in [1.165, 1.54) is 0 Å². The number of nitrogens with one attached hydrogen (secondary N) is 1. The van der Waals surface area contributed by atoms with Crippen molar-refractivity contribution in [3.05, 3.63) is 0 Å². The maximum atomic E-state index is 10.6. The summed E-state index contributed by atoms with van der Waals surface area (Å²) in [6.45, 7) is 4.04.